The Kier molecular flexibility index (Phi) is 2.51. The van der Waals surface area contributed by atoms with E-state index in [9.17, 15) is 0 Å². The summed E-state index contributed by atoms with van der Waals surface area (Å²) in [6.07, 6.45) is 6.91. The first-order valence-corrected chi connectivity index (χ1v) is 6.62. The highest BCUT2D eigenvalue weighted by Gasteiger charge is 2.46. The monoisotopic (exact) mass is 215 g/mol. The minimum atomic E-state index is 0.474. The normalized spacial score (nSPS) is 27.7. The number of benzene rings is 1. The minimum absolute atomic E-state index is 0.474. The van der Waals surface area contributed by atoms with Crippen LogP contribution in [-0.4, -0.2) is 12.6 Å². The van der Waals surface area contributed by atoms with Gasteiger partial charge in [-0.2, -0.15) is 0 Å². The first-order valence-electron chi connectivity index (χ1n) is 6.62. The van der Waals surface area contributed by atoms with Gasteiger partial charge in [-0.25, -0.2) is 0 Å². The third kappa shape index (κ3) is 1.41. The van der Waals surface area contributed by atoms with Crippen molar-refractivity contribution in [1.29, 1.82) is 0 Å². The molecule has 1 heterocycles. The second-order valence-electron chi connectivity index (χ2n) is 5.47. The van der Waals surface area contributed by atoms with Gasteiger partial charge in [-0.1, -0.05) is 30.7 Å². The fraction of sp³-hybridized carbons (Fsp3) is 0.600. The molecule has 1 saturated heterocycles. The number of nitrogens with one attached hydrogen (secondary N) is 1. The van der Waals surface area contributed by atoms with E-state index in [2.05, 4.69) is 36.5 Å². The topological polar surface area (TPSA) is 12.0 Å². The molecule has 0 spiro atoms. The molecular weight excluding hydrogens is 194 g/mol. The van der Waals surface area contributed by atoms with Crippen LogP contribution in [0.15, 0.2) is 24.3 Å². The van der Waals surface area contributed by atoms with Crippen molar-refractivity contribution in [3.8, 4) is 0 Å². The van der Waals surface area contributed by atoms with Crippen molar-refractivity contribution in [2.45, 2.75) is 50.5 Å². The Balaban J connectivity index is 1.98. The summed E-state index contributed by atoms with van der Waals surface area (Å²) in [6.45, 7) is 3.49. The fourth-order valence-electron chi connectivity index (χ4n) is 3.65. The van der Waals surface area contributed by atoms with Gasteiger partial charge in [0, 0.05) is 11.5 Å². The molecule has 16 heavy (non-hydrogen) atoms. The summed E-state index contributed by atoms with van der Waals surface area (Å²) in [5, 5.41) is 3.73. The van der Waals surface area contributed by atoms with Gasteiger partial charge in [-0.05, 0) is 50.3 Å². The molecule has 1 unspecified atom stereocenters. The van der Waals surface area contributed by atoms with Crippen molar-refractivity contribution in [2.75, 3.05) is 6.54 Å². The maximum atomic E-state index is 3.73. The van der Waals surface area contributed by atoms with Crippen molar-refractivity contribution in [2.24, 2.45) is 0 Å². The number of aryl methyl sites for hydroxylation is 1. The zero-order valence-electron chi connectivity index (χ0n) is 10.1. The van der Waals surface area contributed by atoms with E-state index in [0.29, 0.717) is 5.41 Å². The van der Waals surface area contributed by atoms with Crippen LogP contribution in [0.25, 0.3) is 0 Å². The number of rotatable bonds is 2. The lowest BCUT2D eigenvalue weighted by atomic mass is 9.59. The zero-order chi connectivity index (χ0) is 11.0. The molecule has 1 saturated carbocycles. The Bertz CT molecular complexity index is 373. The van der Waals surface area contributed by atoms with Gasteiger partial charge < -0.3 is 5.32 Å². The molecule has 0 amide bonds. The second-order valence-corrected chi connectivity index (χ2v) is 5.47. The molecule has 0 radical (unpaired) electrons. The molecule has 1 aliphatic carbocycles. The van der Waals surface area contributed by atoms with Crippen molar-refractivity contribution < 1.29 is 0 Å². The van der Waals surface area contributed by atoms with Crippen molar-refractivity contribution >= 4 is 0 Å². The van der Waals surface area contributed by atoms with Crippen LogP contribution in [-0.2, 0) is 5.41 Å². The minimum Gasteiger partial charge on any atom is -0.313 e. The van der Waals surface area contributed by atoms with Crippen LogP contribution in [0.3, 0.4) is 0 Å². The summed E-state index contributed by atoms with van der Waals surface area (Å²) in [7, 11) is 0. The Morgan fingerprint density at radius 2 is 2.00 bits per heavy atom. The van der Waals surface area contributed by atoms with E-state index in [0.717, 1.165) is 6.04 Å². The van der Waals surface area contributed by atoms with Crippen LogP contribution in [0, 0.1) is 6.92 Å². The van der Waals surface area contributed by atoms with Crippen LogP contribution < -0.4 is 5.32 Å². The lowest BCUT2D eigenvalue weighted by Gasteiger charge is -2.48. The van der Waals surface area contributed by atoms with E-state index in [1.54, 1.807) is 5.56 Å². The third-order valence-corrected chi connectivity index (χ3v) is 4.65. The molecule has 0 bridgehead atoms. The number of hydrogen-bond acceptors (Lipinski definition) is 1. The van der Waals surface area contributed by atoms with E-state index in [-0.39, 0.29) is 0 Å². The highest BCUT2D eigenvalue weighted by Crippen LogP contribution is 2.49. The van der Waals surface area contributed by atoms with E-state index in [4.69, 9.17) is 0 Å². The molecule has 3 rings (SSSR count). The summed E-state index contributed by atoms with van der Waals surface area (Å²) in [4.78, 5) is 0. The summed E-state index contributed by atoms with van der Waals surface area (Å²) >= 11 is 0. The van der Waals surface area contributed by atoms with Gasteiger partial charge >= 0.3 is 0 Å². The van der Waals surface area contributed by atoms with Gasteiger partial charge in [0.1, 0.15) is 0 Å². The predicted molar refractivity (Wildman–Crippen MR) is 67.7 cm³/mol. The van der Waals surface area contributed by atoms with Gasteiger partial charge in [0.2, 0.25) is 0 Å². The summed E-state index contributed by atoms with van der Waals surface area (Å²) in [5.74, 6) is 0. The van der Waals surface area contributed by atoms with E-state index in [1.807, 2.05) is 0 Å². The van der Waals surface area contributed by atoms with Crippen LogP contribution in [0.2, 0.25) is 0 Å². The van der Waals surface area contributed by atoms with Gasteiger partial charge in [-0.3, -0.25) is 0 Å². The lowest BCUT2D eigenvalue weighted by Crippen LogP contribution is -2.50. The number of hydrogen-bond donors (Lipinski definition) is 1. The largest absolute Gasteiger partial charge is 0.313 e. The third-order valence-electron chi connectivity index (χ3n) is 4.65. The van der Waals surface area contributed by atoms with Crippen molar-refractivity contribution in [1.82, 2.24) is 5.32 Å². The molecule has 2 aliphatic rings. The van der Waals surface area contributed by atoms with Crippen molar-refractivity contribution in [3.05, 3.63) is 35.4 Å². The van der Waals surface area contributed by atoms with E-state index < -0.39 is 0 Å². The lowest BCUT2D eigenvalue weighted by molar-refractivity contribution is 0.181. The summed E-state index contributed by atoms with van der Waals surface area (Å²) < 4.78 is 0. The average Bonchev–Trinajstić information content (AvgIpc) is 2.73. The fourth-order valence-corrected chi connectivity index (χ4v) is 3.65. The molecule has 1 N–H and O–H groups in total. The van der Waals surface area contributed by atoms with Crippen molar-refractivity contribution in [3.63, 3.8) is 0 Å². The molecule has 2 fully saturated rings. The predicted octanol–water partition coefficient (Wildman–Crippen LogP) is 3.17. The first kappa shape index (κ1) is 10.3. The molecule has 1 aliphatic heterocycles. The molecule has 1 aromatic rings. The Labute approximate surface area is 98.3 Å². The van der Waals surface area contributed by atoms with Gasteiger partial charge in [0.15, 0.2) is 0 Å². The average molecular weight is 215 g/mol. The Hall–Kier alpha value is -0.820. The van der Waals surface area contributed by atoms with Crippen LogP contribution >= 0.6 is 0 Å². The zero-order valence-corrected chi connectivity index (χ0v) is 10.1. The molecule has 1 nitrogen and oxygen atoms in total. The molecule has 1 heteroatoms. The Morgan fingerprint density at radius 3 is 2.56 bits per heavy atom. The van der Waals surface area contributed by atoms with Crippen LogP contribution in [0.1, 0.15) is 43.2 Å². The standard InChI is InChI=1S/C15H21N/c1-12-6-2-3-7-13(12)15(9-5-10-15)14-8-4-11-16-14/h2-3,6-7,14,16H,4-5,8-11H2,1H3. The first-order chi connectivity index (χ1) is 7.83. The van der Waals surface area contributed by atoms with Gasteiger partial charge in [-0.15, -0.1) is 0 Å². The molecule has 86 valence electrons. The maximum absolute atomic E-state index is 3.73. The maximum Gasteiger partial charge on any atom is 0.0165 e. The molecule has 1 atom stereocenters. The van der Waals surface area contributed by atoms with Crippen LogP contribution in [0.5, 0.6) is 0 Å². The van der Waals surface area contributed by atoms with E-state index in [1.165, 1.54) is 44.2 Å². The van der Waals surface area contributed by atoms with Gasteiger partial charge in [0.05, 0.1) is 0 Å². The summed E-state index contributed by atoms with van der Waals surface area (Å²) in [6, 6.07) is 9.73. The summed E-state index contributed by atoms with van der Waals surface area (Å²) in [5.41, 5.74) is 3.57. The molecule has 1 aromatic carbocycles. The molecular formula is C15H21N. The highest BCUT2D eigenvalue weighted by atomic mass is 15.0. The van der Waals surface area contributed by atoms with Crippen LogP contribution in [0.4, 0.5) is 0 Å². The SMILES string of the molecule is Cc1ccccc1C1(C2CCCN2)CCC1. The smallest absolute Gasteiger partial charge is 0.0165 e. The van der Waals surface area contributed by atoms with E-state index >= 15 is 0 Å². The Morgan fingerprint density at radius 1 is 1.19 bits per heavy atom. The molecule has 0 aromatic heterocycles. The van der Waals surface area contributed by atoms with Gasteiger partial charge in [0.25, 0.3) is 0 Å². The quantitative estimate of drug-likeness (QED) is 0.799. The highest BCUT2D eigenvalue weighted by molar-refractivity contribution is 5.37. The second kappa shape index (κ2) is 3.89.